The minimum Gasteiger partial charge on any atom is -0.493 e. The summed E-state index contributed by atoms with van der Waals surface area (Å²) >= 11 is 6.26. The van der Waals surface area contributed by atoms with E-state index < -0.39 is 6.04 Å². The van der Waals surface area contributed by atoms with Crippen molar-refractivity contribution in [3.8, 4) is 5.75 Å². The van der Waals surface area contributed by atoms with E-state index in [2.05, 4.69) is 25.4 Å². The molecular weight excluding hydrogens is 622 g/mol. The second kappa shape index (κ2) is 14.7. The minimum absolute atomic E-state index is 0.0466. The Hall–Kier alpha value is -3.55. The molecule has 0 spiro atoms. The van der Waals surface area contributed by atoms with E-state index in [0.717, 1.165) is 56.9 Å². The number of halogens is 1. The van der Waals surface area contributed by atoms with Crippen molar-refractivity contribution in [1.82, 2.24) is 35.0 Å². The first kappa shape index (κ1) is 32.0. The molecule has 2 bridgehead atoms. The number of nitrogens with zero attached hydrogens (tertiary/aromatic N) is 6. The van der Waals surface area contributed by atoms with E-state index >= 15 is 0 Å². The summed E-state index contributed by atoms with van der Waals surface area (Å²) in [7, 11) is 0. The summed E-state index contributed by atoms with van der Waals surface area (Å²) in [6.45, 7) is 6.68. The molecule has 5 heterocycles. The van der Waals surface area contributed by atoms with Gasteiger partial charge in [0.05, 0.1) is 55.5 Å². The normalized spacial score (nSPS) is 26.4. The summed E-state index contributed by atoms with van der Waals surface area (Å²) in [6.07, 6.45) is 3.97. The number of benzene rings is 2. The third kappa shape index (κ3) is 7.62. The van der Waals surface area contributed by atoms with E-state index in [9.17, 15) is 9.59 Å². The smallest absolute Gasteiger partial charge is 0.258 e. The lowest BCUT2D eigenvalue weighted by atomic mass is 9.96. The van der Waals surface area contributed by atoms with E-state index in [1.54, 1.807) is 11.0 Å². The van der Waals surface area contributed by atoms with E-state index in [1.807, 2.05) is 53.3 Å². The predicted octanol–water partition coefficient (Wildman–Crippen LogP) is 2.78. The number of hydrogen-bond donors (Lipinski definition) is 1. The lowest BCUT2D eigenvalue weighted by Gasteiger charge is -2.41. The average molecular weight is 664 g/mol. The topological polar surface area (TPSA) is 114 Å². The second-order valence-electron chi connectivity index (χ2n) is 12.8. The van der Waals surface area contributed by atoms with Crippen molar-refractivity contribution < 1.29 is 23.8 Å². The van der Waals surface area contributed by atoms with Crippen molar-refractivity contribution in [3.63, 3.8) is 0 Å². The van der Waals surface area contributed by atoms with Crippen LogP contribution >= 0.6 is 11.6 Å². The molecule has 0 radical (unpaired) electrons. The molecule has 0 saturated carbocycles. The molecule has 47 heavy (non-hydrogen) atoms. The SMILES string of the molecule is O=C1NC[C@H]2O[C@H](CCOc3ccccc3C(=O)N3CCN(Cc4cccc(Cl)c4)C[C@@H]13)CC[C@H]2n1cc(CN2CCOCC2)nn1. The van der Waals surface area contributed by atoms with E-state index in [4.69, 9.17) is 25.8 Å². The zero-order valence-electron chi connectivity index (χ0n) is 26.5. The number of morpholine rings is 1. The number of nitrogens with one attached hydrogen (secondary N) is 1. The zero-order chi connectivity index (χ0) is 32.2. The van der Waals surface area contributed by atoms with Gasteiger partial charge in [0.1, 0.15) is 11.8 Å². The zero-order valence-corrected chi connectivity index (χ0v) is 27.3. The van der Waals surface area contributed by atoms with E-state index in [1.165, 1.54) is 0 Å². The quantitative estimate of drug-likeness (QED) is 0.440. The summed E-state index contributed by atoms with van der Waals surface area (Å²) in [4.78, 5) is 34.3. The predicted molar refractivity (Wildman–Crippen MR) is 174 cm³/mol. The van der Waals surface area contributed by atoms with Crippen molar-refractivity contribution in [1.29, 1.82) is 0 Å². The molecule has 12 nitrogen and oxygen atoms in total. The molecule has 1 aromatic heterocycles. The average Bonchev–Trinajstić information content (AvgIpc) is 3.55. The number of piperazine rings is 1. The molecule has 1 N–H and O–H groups in total. The van der Waals surface area contributed by atoms with Crippen LogP contribution in [0.1, 0.15) is 46.9 Å². The number of carbonyl (C=O) groups excluding carboxylic acids is 2. The van der Waals surface area contributed by atoms with Gasteiger partial charge in [-0.3, -0.25) is 19.4 Å². The van der Waals surface area contributed by atoms with Crippen molar-refractivity contribution in [2.45, 2.75) is 56.6 Å². The molecule has 4 aliphatic heterocycles. The first-order valence-corrected chi connectivity index (χ1v) is 17.0. The molecule has 3 fully saturated rings. The van der Waals surface area contributed by atoms with Crippen LogP contribution < -0.4 is 10.1 Å². The first-order chi connectivity index (χ1) is 23.0. The Labute approximate surface area is 279 Å². The molecule has 2 aromatic carbocycles. The van der Waals surface area contributed by atoms with Crippen LogP contribution in [-0.2, 0) is 27.4 Å². The Bertz CT molecular complexity index is 1550. The van der Waals surface area contributed by atoms with Gasteiger partial charge in [0.2, 0.25) is 5.91 Å². The summed E-state index contributed by atoms with van der Waals surface area (Å²) in [5.74, 6) is 0.112. The van der Waals surface area contributed by atoms with Crippen molar-refractivity contribution in [3.05, 3.63) is 76.6 Å². The van der Waals surface area contributed by atoms with Crippen LogP contribution in [0.25, 0.3) is 0 Å². The van der Waals surface area contributed by atoms with E-state index in [-0.39, 0.29) is 30.1 Å². The van der Waals surface area contributed by atoms with Gasteiger partial charge in [-0.1, -0.05) is 41.1 Å². The number of rotatable bonds is 5. The maximum atomic E-state index is 14.1. The van der Waals surface area contributed by atoms with Gasteiger partial charge in [0.25, 0.3) is 5.91 Å². The van der Waals surface area contributed by atoms with Crippen LogP contribution in [-0.4, -0.2) is 119 Å². The summed E-state index contributed by atoms with van der Waals surface area (Å²) < 4.78 is 20.2. The number of amides is 2. The molecule has 7 rings (SSSR count). The van der Waals surface area contributed by atoms with Gasteiger partial charge >= 0.3 is 0 Å². The Morgan fingerprint density at radius 3 is 2.66 bits per heavy atom. The number of ether oxygens (including phenoxy) is 3. The fraction of sp³-hybridized carbons (Fsp3) is 0.529. The number of fused-ring (bicyclic) bond motifs is 4. The van der Waals surface area contributed by atoms with Crippen LogP contribution in [0.3, 0.4) is 0 Å². The molecule has 2 amide bonds. The highest BCUT2D eigenvalue weighted by Gasteiger charge is 2.39. The summed E-state index contributed by atoms with van der Waals surface area (Å²) in [5, 5.41) is 12.8. The molecule has 250 valence electrons. The lowest BCUT2D eigenvalue weighted by Crippen LogP contribution is -2.61. The highest BCUT2D eigenvalue weighted by molar-refractivity contribution is 6.30. The van der Waals surface area contributed by atoms with Crippen LogP contribution in [0.4, 0.5) is 0 Å². The van der Waals surface area contributed by atoms with Crippen molar-refractivity contribution in [2.75, 3.05) is 59.1 Å². The van der Waals surface area contributed by atoms with Gasteiger partial charge in [0.15, 0.2) is 0 Å². The Kier molecular flexibility index (Phi) is 10.0. The van der Waals surface area contributed by atoms with Crippen molar-refractivity contribution >= 4 is 23.4 Å². The Morgan fingerprint density at radius 1 is 0.915 bits per heavy atom. The van der Waals surface area contributed by atoms with Crippen LogP contribution in [0.2, 0.25) is 5.02 Å². The monoisotopic (exact) mass is 663 g/mol. The van der Waals surface area contributed by atoms with Gasteiger partial charge in [-0.15, -0.1) is 5.10 Å². The molecule has 0 aliphatic carbocycles. The third-order valence-electron chi connectivity index (χ3n) is 9.58. The molecule has 4 atom stereocenters. The molecular formula is C34H42ClN7O5. The van der Waals surface area contributed by atoms with Gasteiger partial charge in [-0.05, 0) is 42.7 Å². The maximum absolute atomic E-state index is 14.1. The lowest BCUT2D eigenvalue weighted by molar-refractivity contribution is -0.130. The van der Waals surface area contributed by atoms with Crippen LogP contribution in [0.5, 0.6) is 5.75 Å². The van der Waals surface area contributed by atoms with E-state index in [0.29, 0.717) is 62.1 Å². The number of aromatic nitrogens is 3. The Balaban J connectivity index is 1.12. The maximum Gasteiger partial charge on any atom is 0.258 e. The molecule has 0 unspecified atom stereocenters. The molecule has 13 heteroatoms. The van der Waals surface area contributed by atoms with Gasteiger partial charge < -0.3 is 24.4 Å². The fourth-order valence-corrected chi connectivity index (χ4v) is 7.28. The number of hydrogen-bond acceptors (Lipinski definition) is 9. The Morgan fingerprint density at radius 2 is 1.79 bits per heavy atom. The molecule has 4 aliphatic rings. The highest BCUT2D eigenvalue weighted by Crippen LogP contribution is 2.31. The number of carbonyl (C=O) groups is 2. The second-order valence-corrected chi connectivity index (χ2v) is 13.2. The number of para-hydroxylation sites is 1. The molecule has 3 aromatic rings. The fourth-order valence-electron chi connectivity index (χ4n) is 7.07. The van der Waals surface area contributed by atoms with Crippen LogP contribution in [0, 0.1) is 0 Å². The van der Waals surface area contributed by atoms with Crippen LogP contribution in [0.15, 0.2) is 54.7 Å². The van der Waals surface area contributed by atoms with Gasteiger partial charge in [-0.25, -0.2) is 4.68 Å². The summed E-state index contributed by atoms with van der Waals surface area (Å²) in [6, 6.07) is 14.3. The van der Waals surface area contributed by atoms with Crippen molar-refractivity contribution in [2.24, 2.45) is 0 Å². The standard InChI is InChI=1S/C34H42ClN7O5/c35-25-5-3-4-24(18-25)20-40-11-12-41-30(23-40)33(43)36-19-32-29(42-22-26(37-38-42)21-39-13-16-45-17-14-39)9-8-27(47-32)10-15-46-31-7-2-1-6-28(31)34(41)44/h1-7,18,22,27,29-30,32H,8-17,19-21,23H2,(H,36,43)/t27-,29+,30-,32+/m0/s1. The molecule has 3 saturated heterocycles. The highest BCUT2D eigenvalue weighted by atomic mass is 35.5. The van der Waals surface area contributed by atoms with Gasteiger partial charge in [-0.2, -0.15) is 0 Å². The van der Waals surface area contributed by atoms with Gasteiger partial charge in [0, 0.05) is 63.8 Å². The largest absolute Gasteiger partial charge is 0.493 e. The summed E-state index contributed by atoms with van der Waals surface area (Å²) in [5.41, 5.74) is 2.43. The minimum atomic E-state index is -0.698. The first-order valence-electron chi connectivity index (χ1n) is 16.6. The third-order valence-corrected chi connectivity index (χ3v) is 9.82.